The molecule has 0 aliphatic rings. The molecular weight excluding hydrogens is 292 g/mol. The Morgan fingerprint density at radius 3 is 2.25 bits per heavy atom. The van der Waals surface area contributed by atoms with Gasteiger partial charge >= 0.3 is 11.9 Å². The van der Waals surface area contributed by atoms with E-state index in [1.54, 1.807) is 0 Å². The summed E-state index contributed by atoms with van der Waals surface area (Å²) in [6, 6.07) is 0. The molecule has 8 heteroatoms. The summed E-state index contributed by atoms with van der Waals surface area (Å²) < 4.78 is 19.4. The van der Waals surface area contributed by atoms with Crippen molar-refractivity contribution in [3.05, 3.63) is 12.3 Å². The fraction of sp³-hybridized carbons (Fsp3) is 0.667. The van der Waals surface area contributed by atoms with Gasteiger partial charge in [-0.25, -0.2) is 9.59 Å². The maximum absolute atomic E-state index is 11.3. The summed E-state index contributed by atoms with van der Waals surface area (Å²) in [5.74, 6) is -2.14. The van der Waals surface area contributed by atoms with Crippen LogP contribution in [-0.4, -0.2) is 62.1 Å². The molecule has 0 aliphatic carbocycles. The molecule has 0 bridgehead atoms. The number of alkyl halides is 1. The summed E-state index contributed by atoms with van der Waals surface area (Å²) in [4.78, 5) is 22.3. The number of aliphatic hydroxyl groups is 1. The Morgan fingerprint density at radius 1 is 1.15 bits per heavy atom. The van der Waals surface area contributed by atoms with Crippen molar-refractivity contribution >= 4 is 23.5 Å². The molecule has 0 spiro atoms. The van der Waals surface area contributed by atoms with E-state index in [9.17, 15) is 9.59 Å². The number of halogens is 1. The molecule has 0 amide bonds. The zero-order valence-corrected chi connectivity index (χ0v) is 12.1. The van der Waals surface area contributed by atoms with Gasteiger partial charge in [-0.05, 0) is 13.5 Å². The van der Waals surface area contributed by atoms with E-state index >= 15 is 0 Å². The summed E-state index contributed by atoms with van der Waals surface area (Å²) in [6.07, 6.45) is 0. The molecule has 20 heavy (non-hydrogen) atoms. The average Bonchev–Trinajstić information content (AvgIpc) is 2.41. The SMILES string of the molecule is C=C(OCCOCCOCCO)C(=O)OC(=O)C(C)Cl. The van der Waals surface area contributed by atoms with Crippen LogP contribution in [0.4, 0.5) is 0 Å². The molecule has 0 aliphatic heterocycles. The molecule has 0 aromatic rings. The second-order valence-electron chi connectivity index (χ2n) is 3.54. The summed E-state index contributed by atoms with van der Waals surface area (Å²) in [5.41, 5.74) is 0. The van der Waals surface area contributed by atoms with E-state index in [2.05, 4.69) is 11.3 Å². The van der Waals surface area contributed by atoms with Gasteiger partial charge in [0.15, 0.2) is 5.76 Å². The van der Waals surface area contributed by atoms with Crippen molar-refractivity contribution in [1.29, 1.82) is 0 Å². The molecule has 0 saturated carbocycles. The summed E-state index contributed by atoms with van der Waals surface area (Å²) in [7, 11) is 0. The van der Waals surface area contributed by atoms with Crippen LogP contribution in [0.3, 0.4) is 0 Å². The number of hydrogen-bond donors (Lipinski definition) is 1. The molecular formula is C12H19ClO7. The van der Waals surface area contributed by atoms with Gasteiger partial charge in [0, 0.05) is 0 Å². The molecule has 1 unspecified atom stereocenters. The third-order valence-corrected chi connectivity index (χ3v) is 2.04. The smallest absolute Gasteiger partial charge is 0.380 e. The van der Waals surface area contributed by atoms with E-state index in [1.165, 1.54) is 6.92 Å². The molecule has 0 heterocycles. The van der Waals surface area contributed by atoms with E-state index in [4.69, 9.17) is 30.9 Å². The van der Waals surface area contributed by atoms with E-state index in [0.29, 0.717) is 13.2 Å². The lowest BCUT2D eigenvalue weighted by Crippen LogP contribution is -2.21. The number of aliphatic hydroxyl groups excluding tert-OH is 1. The number of esters is 2. The van der Waals surface area contributed by atoms with Crippen molar-refractivity contribution in [1.82, 2.24) is 0 Å². The zero-order chi connectivity index (χ0) is 15.4. The summed E-state index contributed by atoms with van der Waals surface area (Å²) in [5, 5.41) is 7.52. The van der Waals surface area contributed by atoms with Crippen LogP contribution in [-0.2, 0) is 28.5 Å². The van der Waals surface area contributed by atoms with Gasteiger partial charge in [0.1, 0.15) is 12.0 Å². The molecule has 0 fully saturated rings. The van der Waals surface area contributed by atoms with Crippen LogP contribution in [0.25, 0.3) is 0 Å². The maximum atomic E-state index is 11.3. The van der Waals surface area contributed by atoms with Crippen molar-refractivity contribution in [2.75, 3.05) is 39.6 Å². The van der Waals surface area contributed by atoms with Crippen LogP contribution in [0.1, 0.15) is 6.92 Å². The van der Waals surface area contributed by atoms with Crippen LogP contribution in [0.5, 0.6) is 0 Å². The minimum Gasteiger partial charge on any atom is -0.484 e. The Hall–Kier alpha value is -1.15. The second kappa shape index (κ2) is 11.7. The predicted octanol–water partition coefficient (Wildman–Crippen LogP) is 0.239. The van der Waals surface area contributed by atoms with Crippen molar-refractivity contribution in [3.63, 3.8) is 0 Å². The van der Waals surface area contributed by atoms with Gasteiger partial charge < -0.3 is 24.1 Å². The quantitative estimate of drug-likeness (QED) is 0.146. The lowest BCUT2D eigenvalue weighted by atomic mass is 10.5. The largest absolute Gasteiger partial charge is 0.484 e. The normalized spacial score (nSPS) is 11.8. The van der Waals surface area contributed by atoms with Crippen LogP contribution < -0.4 is 0 Å². The number of rotatable bonds is 11. The van der Waals surface area contributed by atoms with Crippen molar-refractivity contribution < 1.29 is 33.6 Å². The van der Waals surface area contributed by atoms with Crippen LogP contribution in [0, 0.1) is 0 Å². The van der Waals surface area contributed by atoms with E-state index < -0.39 is 17.3 Å². The van der Waals surface area contributed by atoms with Crippen LogP contribution in [0.15, 0.2) is 12.3 Å². The highest BCUT2D eigenvalue weighted by Crippen LogP contribution is 2.02. The molecule has 0 aromatic carbocycles. The number of hydrogen-bond acceptors (Lipinski definition) is 7. The van der Waals surface area contributed by atoms with Gasteiger partial charge in [-0.15, -0.1) is 11.6 Å². The highest BCUT2D eigenvalue weighted by molar-refractivity contribution is 6.30. The first-order chi connectivity index (χ1) is 9.49. The fourth-order valence-corrected chi connectivity index (χ4v) is 0.943. The van der Waals surface area contributed by atoms with E-state index in [0.717, 1.165) is 0 Å². The van der Waals surface area contributed by atoms with Gasteiger partial charge in [-0.2, -0.15) is 0 Å². The standard InChI is InChI=1S/C12H19ClO7/c1-9(13)11(15)20-12(16)10(2)19-8-7-18-6-5-17-4-3-14/h9,14H,2-8H2,1H3. The lowest BCUT2D eigenvalue weighted by Gasteiger charge is -2.09. The van der Waals surface area contributed by atoms with Crippen molar-refractivity contribution in [2.45, 2.75) is 12.3 Å². The van der Waals surface area contributed by atoms with Gasteiger partial charge in [0.05, 0.1) is 33.0 Å². The monoisotopic (exact) mass is 310 g/mol. The first-order valence-corrected chi connectivity index (χ1v) is 6.40. The summed E-state index contributed by atoms with van der Waals surface area (Å²) >= 11 is 5.43. The molecule has 116 valence electrons. The number of ether oxygens (including phenoxy) is 4. The molecule has 1 atom stereocenters. The number of carbonyl (C=O) groups excluding carboxylic acids is 2. The molecule has 7 nitrogen and oxygen atoms in total. The van der Waals surface area contributed by atoms with Crippen molar-refractivity contribution in [2.24, 2.45) is 0 Å². The zero-order valence-electron chi connectivity index (χ0n) is 11.3. The molecule has 0 radical (unpaired) electrons. The van der Waals surface area contributed by atoms with Crippen molar-refractivity contribution in [3.8, 4) is 0 Å². The number of carbonyl (C=O) groups is 2. The van der Waals surface area contributed by atoms with Crippen LogP contribution >= 0.6 is 11.6 Å². The Morgan fingerprint density at radius 2 is 1.70 bits per heavy atom. The Labute approximate surface area is 122 Å². The Kier molecular flexibility index (Phi) is 11.0. The third-order valence-electron chi connectivity index (χ3n) is 1.86. The highest BCUT2D eigenvalue weighted by atomic mass is 35.5. The molecule has 0 rings (SSSR count). The molecule has 0 aromatic heterocycles. The van der Waals surface area contributed by atoms with Gasteiger partial charge in [-0.1, -0.05) is 0 Å². The lowest BCUT2D eigenvalue weighted by molar-refractivity contribution is -0.158. The summed E-state index contributed by atoms with van der Waals surface area (Å²) in [6.45, 7) is 5.92. The van der Waals surface area contributed by atoms with Crippen LogP contribution in [0.2, 0.25) is 0 Å². The fourth-order valence-electron chi connectivity index (χ4n) is 0.899. The van der Waals surface area contributed by atoms with E-state index in [1.807, 2.05) is 0 Å². The van der Waals surface area contributed by atoms with Gasteiger partial charge in [0.2, 0.25) is 0 Å². The first-order valence-electron chi connectivity index (χ1n) is 5.97. The van der Waals surface area contributed by atoms with E-state index in [-0.39, 0.29) is 32.2 Å². The second-order valence-corrected chi connectivity index (χ2v) is 4.20. The highest BCUT2D eigenvalue weighted by Gasteiger charge is 2.18. The first kappa shape index (κ1) is 18.9. The van der Waals surface area contributed by atoms with Gasteiger partial charge in [-0.3, -0.25) is 0 Å². The minimum atomic E-state index is -0.978. The van der Waals surface area contributed by atoms with Gasteiger partial charge in [0.25, 0.3) is 0 Å². The molecule has 1 N–H and O–H groups in total. The third kappa shape index (κ3) is 9.74. The maximum Gasteiger partial charge on any atom is 0.380 e. The minimum absolute atomic E-state index is 0.0370. The Balaban J connectivity index is 3.58. The average molecular weight is 311 g/mol. The molecule has 0 saturated heterocycles. The Bertz CT molecular complexity index is 317. The predicted molar refractivity (Wildman–Crippen MR) is 70.2 cm³/mol. The topological polar surface area (TPSA) is 91.3 Å².